The zero-order valence-electron chi connectivity index (χ0n) is 6.63. The molecule has 1 heterocycles. The Hall–Kier alpha value is -0.340. The lowest BCUT2D eigenvalue weighted by Gasteiger charge is -1.85. The number of hydrogen-bond acceptors (Lipinski definition) is 2. The molecule has 0 amide bonds. The highest BCUT2D eigenvalue weighted by atomic mass is 32.1. The second kappa shape index (κ2) is 6.78. The first-order valence-corrected chi connectivity index (χ1v) is 4.41. The van der Waals surface area contributed by atoms with Crippen LogP contribution in [-0.4, -0.2) is 7.05 Å². The summed E-state index contributed by atoms with van der Waals surface area (Å²) in [5.74, 6) is 0. The number of aryl methyl sites for hydroxylation is 1. The van der Waals surface area contributed by atoms with Gasteiger partial charge in [0.2, 0.25) is 0 Å². The van der Waals surface area contributed by atoms with Gasteiger partial charge in [-0.15, -0.1) is 11.3 Å². The highest BCUT2D eigenvalue weighted by molar-refractivity contribution is 7.09. The van der Waals surface area contributed by atoms with Gasteiger partial charge < -0.3 is 5.73 Å². The van der Waals surface area contributed by atoms with Gasteiger partial charge in [0.15, 0.2) is 0 Å². The van der Waals surface area contributed by atoms with Crippen molar-refractivity contribution in [3.05, 3.63) is 22.4 Å². The van der Waals surface area contributed by atoms with Crippen LogP contribution in [0.1, 0.15) is 19.6 Å². The van der Waals surface area contributed by atoms with E-state index in [1.807, 2.05) is 11.3 Å². The first-order valence-electron chi connectivity index (χ1n) is 3.53. The molecule has 10 heavy (non-hydrogen) atoms. The summed E-state index contributed by atoms with van der Waals surface area (Å²) in [5, 5.41) is 2.13. The van der Waals surface area contributed by atoms with E-state index in [2.05, 4.69) is 30.2 Å². The third-order valence-corrected chi connectivity index (χ3v) is 2.01. The molecule has 1 nitrogen and oxygen atoms in total. The van der Waals surface area contributed by atoms with Crippen molar-refractivity contribution in [2.24, 2.45) is 5.73 Å². The van der Waals surface area contributed by atoms with E-state index in [4.69, 9.17) is 0 Å². The molecule has 2 heteroatoms. The summed E-state index contributed by atoms with van der Waals surface area (Å²) < 4.78 is 0. The lowest BCUT2D eigenvalue weighted by molar-refractivity contribution is 0.940. The summed E-state index contributed by atoms with van der Waals surface area (Å²) in [6.07, 6.45) is 2.51. The van der Waals surface area contributed by atoms with Crippen LogP contribution in [-0.2, 0) is 6.42 Å². The fourth-order valence-electron chi connectivity index (χ4n) is 0.701. The van der Waals surface area contributed by atoms with Crippen molar-refractivity contribution in [1.29, 1.82) is 0 Å². The van der Waals surface area contributed by atoms with Gasteiger partial charge >= 0.3 is 0 Å². The normalized spacial score (nSPS) is 8.30. The van der Waals surface area contributed by atoms with Gasteiger partial charge in [0, 0.05) is 6.30 Å². The molecule has 2 N–H and O–H groups in total. The molecule has 0 aromatic carbocycles. The molecule has 0 aliphatic carbocycles. The highest BCUT2D eigenvalue weighted by Gasteiger charge is 1.87. The molecule has 60 valence electrons. The molecule has 0 saturated carbocycles. The Labute approximate surface area is 68.4 Å². The van der Waals surface area contributed by atoms with E-state index >= 15 is 0 Å². The van der Waals surface area contributed by atoms with Crippen molar-refractivity contribution >= 4 is 11.3 Å². The van der Waals surface area contributed by atoms with E-state index < -0.39 is 0 Å². The minimum Gasteiger partial charge on any atom is -0.333 e. The largest absolute Gasteiger partial charge is 0.333 e. The standard InChI is InChI=1S/C7H10S.CH5N.H2/c1-2-4-7-5-3-6-8-7;1-2;/h3,5-6H,2,4H2,1H3;2H2,1H3;1H. The summed E-state index contributed by atoms with van der Waals surface area (Å²) in [6, 6.07) is 4.30. The smallest absolute Gasteiger partial charge is 0.00451 e. The van der Waals surface area contributed by atoms with Crippen LogP contribution in [0.5, 0.6) is 0 Å². The number of thiophene rings is 1. The van der Waals surface area contributed by atoms with E-state index in [1.165, 1.54) is 24.8 Å². The van der Waals surface area contributed by atoms with Crippen LogP contribution in [0.2, 0.25) is 0 Å². The van der Waals surface area contributed by atoms with E-state index in [0.717, 1.165) is 0 Å². The third kappa shape index (κ3) is 3.64. The zero-order valence-corrected chi connectivity index (χ0v) is 7.45. The molecule has 0 saturated heterocycles. The fourth-order valence-corrected chi connectivity index (χ4v) is 1.51. The van der Waals surface area contributed by atoms with Crippen LogP contribution >= 0.6 is 11.3 Å². The van der Waals surface area contributed by atoms with Crippen molar-refractivity contribution < 1.29 is 1.43 Å². The zero-order chi connectivity index (χ0) is 7.82. The summed E-state index contributed by atoms with van der Waals surface area (Å²) in [7, 11) is 1.50. The van der Waals surface area contributed by atoms with Gasteiger partial charge in [-0.3, -0.25) is 0 Å². The number of rotatable bonds is 2. The summed E-state index contributed by atoms with van der Waals surface area (Å²) in [5.41, 5.74) is 4.50. The van der Waals surface area contributed by atoms with Crippen LogP contribution in [0.25, 0.3) is 0 Å². The first kappa shape index (κ1) is 9.66. The molecule has 0 aliphatic rings. The monoisotopic (exact) mass is 159 g/mol. The van der Waals surface area contributed by atoms with E-state index in [-0.39, 0.29) is 1.43 Å². The van der Waals surface area contributed by atoms with Crippen LogP contribution in [0.15, 0.2) is 17.5 Å². The molecular weight excluding hydrogens is 142 g/mol. The lowest BCUT2D eigenvalue weighted by Crippen LogP contribution is -1.71. The maximum Gasteiger partial charge on any atom is 0.00451 e. The van der Waals surface area contributed by atoms with Crippen molar-refractivity contribution in [3.63, 3.8) is 0 Å². The fraction of sp³-hybridized carbons (Fsp3) is 0.500. The molecule has 0 spiro atoms. The van der Waals surface area contributed by atoms with Gasteiger partial charge in [-0.05, 0) is 24.9 Å². The summed E-state index contributed by atoms with van der Waals surface area (Å²) >= 11 is 1.85. The SMILES string of the molecule is CCCc1cccs1.CN.[HH]. The predicted molar refractivity (Wildman–Crippen MR) is 50.5 cm³/mol. The third-order valence-electron chi connectivity index (χ3n) is 1.08. The minimum absolute atomic E-state index is 0. The van der Waals surface area contributed by atoms with E-state index in [9.17, 15) is 0 Å². The predicted octanol–water partition coefficient (Wildman–Crippen LogP) is 2.52. The average Bonchev–Trinajstić information content (AvgIpc) is 2.46. The van der Waals surface area contributed by atoms with Crippen molar-refractivity contribution in [2.75, 3.05) is 7.05 Å². The quantitative estimate of drug-likeness (QED) is 0.705. The molecular formula is C8H17NS. The number of hydrogen-bond donors (Lipinski definition) is 1. The molecule has 1 aromatic rings. The van der Waals surface area contributed by atoms with Gasteiger partial charge in [-0.25, -0.2) is 0 Å². The second-order valence-electron chi connectivity index (χ2n) is 1.83. The van der Waals surface area contributed by atoms with Crippen LogP contribution in [0.3, 0.4) is 0 Å². The Morgan fingerprint density at radius 3 is 2.70 bits per heavy atom. The molecule has 0 bridgehead atoms. The van der Waals surface area contributed by atoms with Crippen molar-refractivity contribution in [2.45, 2.75) is 19.8 Å². The Morgan fingerprint density at radius 1 is 1.60 bits per heavy atom. The molecule has 0 fully saturated rings. The second-order valence-corrected chi connectivity index (χ2v) is 2.86. The van der Waals surface area contributed by atoms with Crippen molar-refractivity contribution in [3.8, 4) is 0 Å². The Balaban J connectivity index is 0. The molecule has 1 aromatic heterocycles. The minimum atomic E-state index is 0. The Bertz CT molecular complexity index is 140. The Kier molecular flexibility index (Phi) is 6.55. The molecule has 0 aliphatic heterocycles. The highest BCUT2D eigenvalue weighted by Crippen LogP contribution is 2.09. The van der Waals surface area contributed by atoms with Crippen LogP contribution < -0.4 is 5.73 Å². The van der Waals surface area contributed by atoms with Gasteiger partial charge in [0.05, 0.1) is 0 Å². The molecule has 0 atom stereocenters. The summed E-state index contributed by atoms with van der Waals surface area (Å²) in [4.78, 5) is 1.51. The topological polar surface area (TPSA) is 26.0 Å². The summed E-state index contributed by atoms with van der Waals surface area (Å²) in [6.45, 7) is 2.21. The number of nitrogens with two attached hydrogens (primary N) is 1. The van der Waals surface area contributed by atoms with E-state index in [1.54, 1.807) is 0 Å². The molecule has 0 radical (unpaired) electrons. The average molecular weight is 159 g/mol. The lowest BCUT2D eigenvalue weighted by atomic mass is 10.3. The first-order chi connectivity index (χ1) is 4.93. The van der Waals surface area contributed by atoms with Gasteiger partial charge in [0.25, 0.3) is 0 Å². The molecule has 0 unspecified atom stereocenters. The molecule has 1 rings (SSSR count). The van der Waals surface area contributed by atoms with Crippen LogP contribution in [0, 0.1) is 0 Å². The maximum absolute atomic E-state index is 4.50. The Morgan fingerprint density at radius 2 is 2.30 bits per heavy atom. The van der Waals surface area contributed by atoms with Gasteiger partial charge in [-0.2, -0.15) is 0 Å². The van der Waals surface area contributed by atoms with Gasteiger partial charge in [0.1, 0.15) is 0 Å². The van der Waals surface area contributed by atoms with Crippen LogP contribution in [0.4, 0.5) is 0 Å². The van der Waals surface area contributed by atoms with Gasteiger partial charge in [-0.1, -0.05) is 19.4 Å². The van der Waals surface area contributed by atoms with E-state index in [0.29, 0.717) is 0 Å². The van der Waals surface area contributed by atoms with Crippen molar-refractivity contribution in [1.82, 2.24) is 0 Å². The maximum atomic E-state index is 4.50.